The first-order chi connectivity index (χ1) is 19.4. The van der Waals surface area contributed by atoms with E-state index in [1.54, 1.807) is 32.0 Å². The van der Waals surface area contributed by atoms with E-state index in [1.807, 2.05) is 25.1 Å². The van der Waals surface area contributed by atoms with Gasteiger partial charge in [-0.05, 0) is 69.7 Å². The predicted molar refractivity (Wildman–Crippen MR) is 150 cm³/mol. The van der Waals surface area contributed by atoms with Crippen molar-refractivity contribution in [2.45, 2.75) is 69.5 Å². The van der Waals surface area contributed by atoms with E-state index in [-0.39, 0.29) is 48.9 Å². The van der Waals surface area contributed by atoms with Crippen LogP contribution in [0.2, 0.25) is 0 Å². The number of rotatable bonds is 12. The third-order valence-electron chi connectivity index (χ3n) is 6.76. The van der Waals surface area contributed by atoms with E-state index in [9.17, 15) is 27.9 Å². The zero-order chi connectivity index (χ0) is 29.8. The average Bonchev–Trinajstić information content (AvgIpc) is 3.55. The minimum atomic E-state index is -4.41. The molecule has 13 nitrogen and oxygen atoms in total. The van der Waals surface area contributed by atoms with Gasteiger partial charge in [0, 0.05) is 13.0 Å². The topological polar surface area (TPSA) is 192 Å². The number of sulfonamides is 1. The number of anilines is 1. The number of hydroxylamine groups is 1. The van der Waals surface area contributed by atoms with Crippen LogP contribution in [0.3, 0.4) is 0 Å². The second-order valence-corrected chi connectivity index (χ2v) is 11.8. The molecule has 41 heavy (non-hydrogen) atoms. The Balaban J connectivity index is 1.50. The highest BCUT2D eigenvalue weighted by atomic mass is 32.2. The number of amides is 2. The van der Waals surface area contributed by atoms with Crippen molar-refractivity contribution in [2.75, 3.05) is 11.9 Å². The van der Waals surface area contributed by atoms with Crippen LogP contribution in [0.4, 0.5) is 5.95 Å². The number of carboxylic acids is 1. The van der Waals surface area contributed by atoms with Crippen LogP contribution in [0.5, 0.6) is 0 Å². The Labute approximate surface area is 237 Å². The molecule has 0 radical (unpaired) electrons. The number of imidazole rings is 1. The summed E-state index contributed by atoms with van der Waals surface area (Å²) in [6.07, 6.45) is -0.710. The second kappa shape index (κ2) is 12.3. The number of benzene rings is 2. The van der Waals surface area contributed by atoms with Crippen LogP contribution in [-0.2, 0) is 29.2 Å². The average molecular weight is 587 g/mol. The van der Waals surface area contributed by atoms with E-state index in [4.69, 9.17) is 4.84 Å². The molecule has 1 saturated heterocycles. The van der Waals surface area contributed by atoms with Gasteiger partial charge >= 0.3 is 5.97 Å². The highest BCUT2D eigenvalue weighted by Crippen LogP contribution is 2.25. The molecular formula is C27H34N6O7S. The molecule has 0 saturated carbocycles. The van der Waals surface area contributed by atoms with E-state index in [1.165, 1.54) is 0 Å². The number of nitrogens with one attached hydrogen (secondary N) is 5. The molecule has 0 bridgehead atoms. The minimum Gasteiger partial charge on any atom is -0.478 e. The molecule has 4 rings (SSSR count). The molecule has 1 aromatic heterocycles. The van der Waals surface area contributed by atoms with Crippen molar-refractivity contribution in [3.63, 3.8) is 0 Å². The zero-order valence-corrected chi connectivity index (χ0v) is 23.9. The lowest BCUT2D eigenvalue weighted by Crippen LogP contribution is -2.66. The van der Waals surface area contributed by atoms with Crippen LogP contribution < -0.4 is 20.8 Å². The fourth-order valence-electron chi connectivity index (χ4n) is 4.98. The number of fused-ring (bicyclic) bond motifs is 1. The quantitative estimate of drug-likeness (QED) is 0.136. The lowest BCUT2D eigenvalue weighted by molar-refractivity contribution is -0.151. The van der Waals surface area contributed by atoms with Crippen LogP contribution in [0.25, 0.3) is 11.0 Å². The maximum absolute atomic E-state index is 13.6. The fraction of sp³-hybridized carbons (Fsp3) is 0.407. The Morgan fingerprint density at radius 1 is 1.12 bits per heavy atom. The summed E-state index contributed by atoms with van der Waals surface area (Å²) in [7, 11) is -4.41. The monoisotopic (exact) mass is 586 g/mol. The smallest absolute Gasteiger partial charge is 0.345 e. The number of para-hydroxylation sites is 2. The van der Waals surface area contributed by atoms with Gasteiger partial charge < -0.3 is 15.4 Å². The summed E-state index contributed by atoms with van der Waals surface area (Å²) in [6, 6.07) is 10.7. The van der Waals surface area contributed by atoms with Crippen molar-refractivity contribution in [1.82, 2.24) is 25.5 Å². The Morgan fingerprint density at radius 3 is 2.46 bits per heavy atom. The summed E-state index contributed by atoms with van der Waals surface area (Å²) < 4.78 is 29.4. The molecule has 6 N–H and O–H groups in total. The summed E-state index contributed by atoms with van der Waals surface area (Å²) in [4.78, 5) is 50.5. The first-order valence-electron chi connectivity index (χ1n) is 13.2. The summed E-state index contributed by atoms with van der Waals surface area (Å²) >= 11 is 0. The molecule has 2 amide bonds. The number of aliphatic carboxylic acids is 1. The van der Waals surface area contributed by atoms with Gasteiger partial charge in [-0.15, -0.1) is 0 Å². The first kappa shape index (κ1) is 30.1. The lowest BCUT2D eigenvalue weighted by Gasteiger charge is -2.32. The van der Waals surface area contributed by atoms with Crippen molar-refractivity contribution < 1.29 is 32.7 Å². The Bertz CT molecular complexity index is 1510. The van der Waals surface area contributed by atoms with Crippen molar-refractivity contribution >= 4 is 44.8 Å². The number of aromatic amines is 1. The SMILES string of the molecule is Cc1cc(C)c(S(=O)(=O)NC(CCCCC(=O)Nc2nc3ccccc3[nH]2)(NC(=O)C2CCNO2)C(=O)O)c(C)c1. The van der Waals surface area contributed by atoms with Gasteiger partial charge in [0.15, 0.2) is 6.10 Å². The van der Waals surface area contributed by atoms with Crippen molar-refractivity contribution in [2.24, 2.45) is 0 Å². The molecule has 3 aromatic rings. The summed E-state index contributed by atoms with van der Waals surface area (Å²) in [6.45, 7) is 5.44. The highest BCUT2D eigenvalue weighted by molar-refractivity contribution is 7.89. The van der Waals surface area contributed by atoms with Crippen molar-refractivity contribution in [1.29, 1.82) is 0 Å². The van der Waals surface area contributed by atoms with Gasteiger partial charge in [0.25, 0.3) is 5.91 Å². The van der Waals surface area contributed by atoms with Crippen LogP contribution in [0.1, 0.15) is 48.8 Å². The number of aryl methyl sites for hydroxylation is 3. The highest BCUT2D eigenvalue weighted by Gasteiger charge is 2.45. The molecule has 1 aliphatic rings. The lowest BCUT2D eigenvalue weighted by atomic mass is 10.0. The van der Waals surface area contributed by atoms with Gasteiger partial charge in [-0.2, -0.15) is 4.72 Å². The van der Waals surface area contributed by atoms with Gasteiger partial charge in [0.05, 0.1) is 15.9 Å². The number of carbonyl (C=O) groups excluding carboxylic acids is 2. The Hall–Kier alpha value is -3.85. The molecule has 2 atom stereocenters. The van der Waals surface area contributed by atoms with E-state index in [2.05, 4.69) is 30.8 Å². The standard InChI is InChI=1S/C27H34N6O7S/c1-16-14-17(2)23(18(3)15-16)41(38,39)33-27(25(36)37,32-24(35)21-11-13-28-40-21)12-7-6-10-22(34)31-26-29-19-8-4-5-9-20(19)30-26/h4-5,8-9,14-15,21,28,33H,6-7,10-13H2,1-3H3,(H,32,35)(H,36,37)(H2,29,30,31,34). The molecule has 2 aromatic carbocycles. The molecule has 2 unspecified atom stereocenters. The largest absolute Gasteiger partial charge is 0.478 e. The fourth-order valence-corrected chi connectivity index (χ4v) is 6.75. The van der Waals surface area contributed by atoms with Crippen LogP contribution in [-0.4, -0.2) is 59.6 Å². The number of nitrogens with zero attached hydrogens (tertiary/aromatic N) is 1. The van der Waals surface area contributed by atoms with E-state index in [0.29, 0.717) is 23.2 Å². The van der Waals surface area contributed by atoms with E-state index in [0.717, 1.165) is 11.1 Å². The third kappa shape index (κ3) is 7.08. The second-order valence-electron chi connectivity index (χ2n) is 10.2. The van der Waals surface area contributed by atoms with Crippen molar-refractivity contribution in [3.8, 4) is 0 Å². The number of unbranched alkanes of at least 4 members (excludes halogenated alkanes) is 1. The normalized spacial score (nSPS) is 16.8. The number of carboxylic acid groups (broad SMARTS) is 1. The number of carbonyl (C=O) groups is 3. The van der Waals surface area contributed by atoms with Gasteiger partial charge in [0.2, 0.25) is 27.5 Å². The Morgan fingerprint density at radius 2 is 1.83 bits per heavy atom. The molecule has 0 aliphatic carbocycles. The molecule has 220 valence electrons. The summed E-state index contributed by atoms with van der Waals surface area (Å²) in [5, 5.41) is 15.3. The molecule has 14 heteroatoms. The number of aromatic nitrogens is 2. The number of H-pyrrole nitrogens is 1. The summed E-state index contributed by atoms with van der Waals surface area (Å²) in [5.41, 5.74) is 3.35. The Kier molecular flexibility index (Phi) is 9.07. The van der Waals surface area contributed by atoms with E-state index < -0.39 is 33.7 Å². The van der Waals surface area contributed by atoms with Crippen LogP contribution in [0, 0.1) is 20.8 Å². The van der Waals surface area contributed by atoms with Crippen LogP contribution in [0.15, 0.2) is 41.3 Å². The van der Waals surface area contributed by atoms with Gasteiger partial charge in [-0.1, -0.05) is 29.8 Å². The minimum absolute atomic E-state index is 0.0132. The predicted octanol–water partition coefficient (Wildman–Crippen LogP) is 2.16. The van der Waals surface area contributed by atoms with Crippen molar-refractivity contribution in [3.05, 3.63) is 53.1 Å². The molecule has 1 aliphatic heterocycles. The molecule has 1 fully saturated rings. The maximum Gasteiger partial charge on any atom is 0.345 e. The zero-order valence-electron chi connectivity index (χ0n) is 23.0. The molecule has 2 heterocycles. The maximum atomic E-state index is 13.6. The third-order valence-corrected chi connectivity index (χ3v) is 8.56. The number of hydrogen-bond acceptors (Lipinski definition) is 8. The summed E-state index contributed by atoms with van der Waals surface area (Å²) in [5.74, 6) is -2.44. The first-order valence-corrected chi connectivity index (χ1v) is 14.7. The van der Waals surface area contributed by atoms with Gasteiger partial charge in [0.1, 0.15) is 0 Å². The molecular weight excluding hydrogens is 552 g/mol. The van der Waals surface area contributed by atoms with Gasteiger partial charge in [-0.3, -0.25) is 19.7 Å². The van der Waals surface area contributed by atoms with E-state index >= 15 is 0 Å². The van der Waals surface area contributed by atoms with Crippen LogP contribution >= 0.6 is 0 Å². The molecule has 0 spiro atoms. The van der Waals surface area contributed by atoms with Gasteiger partial charge in [-0.25, -0.2) is 23.7 Å². The number of hydrogen-bond donors (Lipinski definition) is 6.